The van der Waals surface area contributed by atoms with Crippen molar-refractivity contribution in [3.63, 3.8) is 0 Å². The molecule has 1 aromatic rings. The lowest BCUT2D eigenvalue weighted by Gasteiger charge is -1.85. The van der Waals surface area contributed by atoms with Gasteiger partial charge in [-0.15, -0.1) is 0 Å². The van der Waals surface area contributed by atoms with Crippen molar-refractivity contribution < 1.29 is 4.42 Å². The zero-order valence-electron chi connectivity index (χ0n) is 4.66. The molecule has 0 bridgehead atoms. The predicted octanol–water partition coefficient (Wildman–Crippen LogP) is 0.409. The molecule has 0 unspecified atom stereocenters. The molecule has 0 amide bonds. The van der Waals surface area contributed by atoms with E-state index >= 15 is 0 Å². The van der Waals surface area contributed by atoms with Crippen molar-refractivity contribution in [2.24, 2.45) is 0 Å². The van der Waals surface area contributed by atoms with E-state index < -0.39 is 0 Å². The Bertz CT molecular complexity index is 136. The maximum Gasteiger partial charge on any atom is 0.209 e. The average Bonchev–Trinajstić information content (AvgIpc) is 2.19. The molecule has 0 aliphatic carbocycles. The van der Waals surface area contributed by atoms with Gasteiger partial charge in [-0.1, -0.05) is 0 Å². The van der Waals surface area contributed by atoms with Crippen LogP contribution in [-0.4, -0.2) is 12.0 Å². The first-order chi connectivity index (χ1) is 3.93. The molecule has 1 aromatic heterocycles. The second kappa shape index (κ2) is 2.47. The molecule has 0 saturated heterocycles. The monoisotopic (exact) mass is 111 g/mol. The summed E-state index contributed by atoms with van der Waals surface area (Å²) in [7, 11) is 1.73. The lowest BCUT2D eigenvalue weighted by Crippen LogP contribution is -1.95. The summed E-state index contributed by atoms with van der Waals surface area (Å²) in [5, 5.41) is 3.82. The van der Waals surface area contributed by atoms with Crippen LogP contribution in [-0.2, 0) is 6.54 Å². The lowest BCUT2D eigenvalue weighted by molar-refractivity contribution is 0.478. The zero-order chi connectivity index (χ0) is 5.82. The molecule has 3 heteroatoms. The fourth-order valence-electron chi connectivity index (χ4n) is 0.466. The Hall–Kier alpha value is -0.830. The SMILES string of the molecule is C[N]Cc1ncco1. The van der Waals surface area contributed by atoms with Gasteiger partial charge in [0.15, 0.2) is 0 Å². The van der Waals surface area contributed by atoms with Gasteiger partial charge in [-0.2, -0.15) is 0 Å². The molecule has 0 saturated carbocycles. The van der Waals surface area contributed by atoms with Crippen molar-refractivity contribution in [3.05, 3.63) is 18.4 Å². The van der Waals surface area contributed by atoms with Crippen LogP contribution < -0.4 is 5.32 Å². The van der Waals surface area contributed by atoms with E-state index in [1.165, 1.54) is 0 Å². The molecule has 0 N–H and O–H groups in total. The van der Waals surface area contributed by atoms with Crippen LogP contribution in [0.5, 0.6) is 0 Å². The zero-order valence-corrected chi connectivity index (χ0v) is 4.66. The Morgan fingerprint density at radius 3 is 3.25 bits per heavy atom. The van der Waals surface area contributed by atoms with Gasteiger partial charge in [0.25, 0.3) is 0 Å². The summed E-state index contributed by atoms with van der Waals surface area (Å²) in [6.45, 7) is 0.576. The van der Waals surface area contributed by atoms with Gasteiger partial charge in [0.05, 0.1) is 12.7 Å². The molecular weight excluding hydrogens is 104 g/mol. The minimum atomic E-state index is 0.576. The molecule has 1 radical (unpaired) electrons. The summed E-state index contributed by atoms with van der Waals surface area (Å²) in [5.41, 5.74) is 0. The van der Waals surface area contributed by atoms with E-state index in [1.54, 1.807) is 19.5 Å². The Labute approximate surface area is 47.7 Å². The molecule has 0 spiro atoms. The van der Waals surface area contributed by atoms with E-state index in [1.807, 2.05) is 0 Å². The highest BCUT2D eigenvalue weighted by Gasteiger charge is 1.91. The van der Waals surface area contributed by atoms with Gasteiger partial charge in [0, 0.05) is 7.05 Å². The summed E-state index contributed by atoms with van der Waals surface area (Å²) < 4.78 is 4.87. The number of oxazole rings is 1. The fourth-order valence-corrected chi connectivity index (χ4v) is 0.466. The summed E-state index contributed by atoms with van der Waals surface area (Å²) in [6, 6.07) is 0. The van der Waals surface area contributed by atoms with Crippen LogP contribution in [0.15, 0.2) is 16.9 Å². The van der Waals surface area contributed by atoms with Gasteiger partial charge in [-0.05, 0) is 0 Å². The first-order valence-corrected chi connectivity index (χ1v) is 2.37. The van der Waals surface area contributed by atoms with Crippen LogP contribution in [0.1, 0.15) is 5.89 Å². The van der Waals surface area contributed by atoms with Gasteiger partial charge >= 0.3 is 0 Å². The van der Waals surface area contributed by atoms with Crippen LogP contribution in [0.3, 0.4) is 0 Å². The average molecular weight is 111 g/mol. The number of nitrogens with zero attached hydrogens (tertiary/aromatic N) is 2. The van der Waals surface area contributed by atoms with Crippen LogP contribution >= 0.6 is 0 Å². The number of hydrogen-bond donors (Lipinski definition) is 0. The second-order valence-electron chi connectivity index (χ2n) is 1.40. The smallest absolute Gasteiger partial charge is 0.209 e. The van der Waals surface area contributed by atoms with E-state index in [9.17, 15) is 0 Å². The standard InChI is InChI=1S/C5H7N2O/c1-6-4-5-7-2-3-8-5/h2-3H,4H2,1H3. The number of hydrogen-bond acceptors (Lipinski definition) is 2. The summed E-state index contributed by atoms with van der Waals surface area (Å²) in [4.78, 5) is 3.85. The maximum absolute atomic E-state index is 4.87. The Morgan fingerprint density at radius 2 is 2.75 bits per heavy atom. The lowest BCUT2D eigenvalue weighted by atomic mass is 10.6. The van der Waals surface area contributed by atoms with E-state index in [0.29, 0.717) is 12.4 Å². The van der Waals surface area contributed by atoms with Gasteiger partial charge in [0.2, 0.25) is 5.89 Å². The van der Waals surface area contributed by atoms with Crippen molar-refractivity contribution >= 4 is 0 Å². The molecular formula is C5H7N2O. The molecule has 0 aromatic carbocycles. The van der Waals surface area contributed by atoms with Gasteiger partial charge in [0.1, 0.15) is 6.26 Å². The van der Waals surface area contributed by atoms with E-state index in [0.717, 1.165) is 0 Å². The van der Waals surface area contributed by atoms with Crippen molar-refractivity contribution in [2.45, 2.75) is 6.54 Å². The van der Waals surface area contributed by atoms with Gasteiger partial charge < -0.3 is 4.42 Å². The quantitative estimate of drug-likeness (QED) is 0.554. The number of aromatic nitrogens is 1. The van der Waals surface area contributed by atoms with Crippen LogP contribution in [0.2, 0.25) is 0 Å². The molecule has 0 fully saturated rings. The Balaban J connectivity index is 2.50. The van der Waals surface area contributed by atoms with E-state index in [4.69, 9.17) is 4.42 Å². The minimum absolute atomic E-state index is 0.576. The van der Waals surface area contributed by atoms with Crippen molar-refractivity contribution in [3.8, 4) is 0 Å². The molecule has 1 heterocycles. The highest BCUT2D eigenvalue weighted by molar-refractivity contribution is 4.77. The normalized spacial score (nSPS) is 9.62. The van der Waals surface area contributed by atoms with E-state index in [-0.39, 0.29) is 0 Å². The first-order valence-electron chi connectivity index (χ1n) is 2.37. The van der Waals surface area contributed by atoms with Crippen LogP contribution in [0.4, 0.5) is 0 Å². The summed E-state index contributed by atoms with van der Waals surface area (Å²) in [6.07, 6.45) is 3.15. The van der Waals surface area contributed by atoms with Gasteiger partial charge in [-0.25, -0.2) is 10.3 Å². The van der Waals surface area contributed by atoms with E-state index in [2.05, 4.69) is 10.3 Å². The molecule has 0 aliphatic heterocycles. The Kier molecular flexibility index (Phi) is 1.64. The highest BCUT2D eigenvalue weighted by Crippen LogP contribution is 1.91. The first kappa shape index (κ1) is 5.31. The molecule has 0 aliphatic rings. The molecule has 0 atom stereocenters. The Morgan fingerprint density at radius 1 is 1.88 bits per heavy atom. The third-order valence-electron chi connectivity index (χ3n) is 0.777. The number of rotatable bonds is 2. The maximum atomic E-state index is 4.87. The predicted molar refractivity (Wildman–Crippen MR) is 28.3 cm³/mol. The van der Waals surface area contributed by atoms with Crippen LogP contribution in [0, 0.1) is 0 Å². The molecule has 3 nitrogen and oxygen atoms in total. The second-order valence-corrected chi connectivity index (χ2v) is 1.40. The van der Waals surface area contributed by atoms with Crippen LogP contribution in [0.25, 0.3) is 0 Å². The van der Waals surface area contributed by atoms with Crippen molar-refractivity contribution in [1.29, 1.82) is 0 Å². The molecule has 43 valence electrons. The van der Waals surface area contributed by atoms with Crippen molar-refractivity contribution in [1.82, 2.24) is 10.3 Å². The highest BCUT2D eigenvalue weighted by atomic mass is 16.3. The fraction of sp³-hybridized carbons (Fsp3) is 0.400. The topological polar surface area (TPSA) is 40.1 Å². The largest absolute Gasteiger partial charge is 0.448 e. The van der Waals surface area contributed by atoms with Gasteiger partial charge in [-0.3, -0.25) is 0 Å². The minimum Gasteiger partial charge on any atom is -0.448 e. The third kappa shape index (κ3) is 1.07. The molecule has 1 rings (SSSR count). The summed E-state index contributed by atoms with van der Waals surface area (Å²) in [5.74, 6) is 0.674. The molecule has 8 heavy (non-hydrogen) atoms. The third-order valence-corrected chi connectivity index (χ3v) is 0.777. The summed E-state index contributed by atoms with van der Waals surface area (Å²) >= 11 is 0. The van der Waals surface area contributed by atoms with Crippen molar-refractivity contribution in [2.75, 3.05) is 7.05 Å².